The first-order valence-electron chi connectivity index (χ1n) is 4.86. The normalized spacial score (nSPS) is 27.8. The molecule has 0 aliphatic carbocycles. The fraction of sp³-hybridized carbons (Fsp3) is 0.556. The molecule has 0 amide bonds. The van der Waals surface area contributed by atoms with Gasteiger partial charge in [-0.3, -0.25) is 0 Å². The third-order valence-corrected chi connectivity index (χ3v) is 4.05. The molecule has 2 unspecified atom stereocenters. The van der Waals surface area contributed by atoms with Crippen molar-refractivity contribution >= 4 is 10.0 Å². The summed E-state index contributed by atoms with van der Waals surface area (Å²) in [4.78, 5) is 0. The summed E-state index contributed by atoms with van der Waals surface area (Å²) in [5.74, 6) is 0.850. The summed E-state index contributed by atoms with van der Waals surface area (Å²) < 4.78 is 27.4. The highest BCUT2D eigenvalue weighted by Gasteiger charge is 2.29. The van der Waals surface area contributed by atoms with Gasteiger partial charge in [-0.2, -0.15) is 0 Å². The third kappa shape index (κ3) is 2.39. The van der Waals surface area contributed by atoms with E-state index in [0.29, 0.717) is 13.0 Å². The first-order chi connectivity index (χ1) is 7.07. The molecule has 1 aliphatic heterocycles. The molecule has 2 heterocycles. The molecule has 2 rings (SSSR count). The SMILES string of the molecule is NS(=O)(=O)C1CCC(c2ccco2)NC1. The Morgan fingerprint density at radius 1 is 1.47 bits per heavy atom. The first-order valence-corrected chi connectivity index (χ1v) is 6.47. The Morgan fingerprint density at radius 2 is 2.27 bits per heavy atom. The minimum absolute atomic E-state index is 0.109. The molecule has 1 aliphatic rings. The lowest BCUT2D eigenvalue weighted by Gasteiger charge is -2.27. The monoisotopic (exact) mass is 230 g/mol. The van der Waals surface area contributed by atoms with Gasteiger partial charge in [0.15, 0.2) is 0 Å². The molecule has 1 aromatic rings. The van der Waals surface area contributed by atoms with Gasteiger partial charge in [-0.25, -0.2) is 13.6 Å². The number of nitrogens with one attached hydrogen (secondary N) is 1. The van der Waals surface area contributed by atoms with Crippen molar-refractivity contribution in [1.29, 1.82) is 0 Å². The zero-order valence-electron chi connectivity index (χ0n) is 8.22. The van der Waals surface area contributed by atoms with Crippen molar-refractivity contribution in [1.82, 2.24) is 5.32 Å². The van der Waals surface area contributed by atoms with Crippen molar-refractivity contribution in [2.45, 2.75) is 24.1 Å². The molecular weight excluding hydrogens is 216 g/mol. The Balaban J connectivity index is 1.99. The number of rotatable bonds is 2. The molecule has 0 bridgehead atoms. The van der Waals surface area contributed by atoms with Gasteiger partial charge in [0.2, 0.25) is 10.0 Å². The number of nitrogens with two attached hydrogens (primary N) is 1. The Hall–Kier alpha value is -0.850. The average molecular weight is 230 g/mol. The van der Waals surface area contributed by atoms with Crippen LogP contribution in [0.15, 0.2) is 22.8 Å². The van der Waals surface area contributed by atoms with E-state index in [1.54, 1.807) is 6.26 Å². The summed E-state index contributed by atoms with van der Waals surface area (Å²) in [7, 11) is -3.41. The lowest BCUT2D eigenvalue weighted by molar-refractivity contribution is 0.348. The largest absolute Gasteiger partial charge is 0.468 e. The molecule has 6 heteroatoms. The van der Waals surface area contributed by atoms with Crippen LogP contribution in [0.4, 0.5) is 0 Å². The summed E-state index contributed by atoms with van der Waals surface area (Å²) >= 11 is 0. The Bertz CT molecular complexity index is 405. The molecule has 1 saturated heterocycles. The zero-order valence-corrected chi connectivity index (χ0v) is 9.03. The van der Waals surface area contributed by atoms with Gasteiger partial charge in [0.25, 0.3) is 0 Å². The van der Waals surface area contributed by atoms with Crippen molar-refractivity contribution in [2.75, 3.05) is 6.54 Å². The van der Waals surface area contributed by atoms with Crippen LogP contribution < -0.4 is 10.5 Å². The molecular formula is C9H14N2O3S. The smallest absolute Gasteiger partial charge is 0.213 e. The number of furan rings is 1. The van der Waals surface area contributed by atoms with Crippen molar-refractivity contribution in [2.24, 2.45) is 5.14 Å². The Morgan fingerprint density at radius 3 is 2.73 bits per heavy atom. The quantitative estimate of drug-likeness (QED) is 0.768. The van der Waals surface area contributed by atoms with Gasteiger partial charge in [-0.1, -0.05) is 0 Å². The highest BCUT2D eigenvalue weighted by atomic mass is 32.2. The second-order valence-corrected chi connectivity index (χ2v) is 5.61. The van der Waals surface area contributed by atoms with Crippen LogP contribution in [0.2, 0.25) is 0 Å². The molecule has 1 fully saturated rings. The molecule has 5 nitrogen and oxygen atoms in total. The minimum atomic E-state index is -3.41. The lowest BCUT2D eigenvalue weighted by atomic mass is 10.0. The maximum Gasteiger partial charge on any atom is 0.213 e. The Kier molecular flexibility index (Phi) is 2.81. The molecule has 0 saturated carbocycles. The van der Waals surface area contributed by atoms with E-state index in [1.165, 1.54) is 0 Å². The second-order valence-electron chi connectivity index (χ2n) is 3.76. The topological polar surface area (TPSA) is 85.3 Å². The van der Waals surface area contributed by atoms with Crippen LogP contribution in [0, 0.1) is 0 Å². The standard InChI is InChI=1S/C9H14N2O3S/c10-15(12,13)7-3-4-8(11-6-7)9-2-1-5-14-9/h1-2,5,7-8,11H,3-4,6H2,(H2,10,12,13). The van der Waals surface area contributed by atoms with E-state index in [0.717, 1.165) is 12.2 Å². The van der Waals surface area contributed by atoms with Gasteiger partial charge in [0.1, 0.15) is 5.76 Å². The number of primary sulfonamides is 1. The molecule has 15 heavy (non-hydrogen) atoms. The molecule has 3 N–H and O–H groups in total. The van der Waals surface area contributed by atoms with E-state index in [9.17, 15) is 8.42 Å². The predicted octanol–water partition coefficient (Wildman–Crippen LogP) is 0.361. The van der Waals surface area contributed by atoms with Gasteiger partial charge in [-0.05, 0) is 25.0 Å². The van der Waals surface area contributed by atoms with E-state index in [4.69, 9.17) is 9.56 Å². The first kappa shape index (κ1) is 10.7. The van der Waals surface area contributed by atoms with Crippen LogP contribution in [0.3, 0.4) is 0 Å². The molecule has 0 aromatic carbocycles. The molecule has 0 spiro atoms. The van der Waals surface area contributed by atoms with E-state index in [1.807, 2.05) is 12.1 Å². The van der Waals surface area contributed by atoms with Crippen LogP contribution in [-0.4, -0.2) is 20.2 Å². The van der Waals surface area contributed by atoms with E-state index in [2.05, 4.69) is 5.32 Å². The zero-order chi connectivity index (χ0) is 10.9. The van der Waals surface area contributed by atoms with Crippen LogP contribution in [0.5, 0.6) is 0 Å². The predicted molar refractivity (Wildman–Crippen MR) is 55.6 cm³/mol. The number of sulfonamides is 1. The summed E-state index contributed by atoms with van der Waals surface area (Å²) in [6.45, 7) is 0.393. The number of piperidine rings is 1. The van der Waals surface area contributed by atoms with E-state index < -0.39 is 15.3 Å². The lowest BCUT2D eigenvalue weighted by Crippen LogP contribution is -2.43. The minimum Gasteiger partial charge on any atom is -0.468 e. The average Bonchev–Trinajstić information content (AvgIpc) is 2.69. The Labute approximate surface area is 88.7 Å². The van der Waals surface area contributed by atoms with Crippen molar-refractivity contribution in [3.63, 3.8) is 0 Å². The van der Waals surface area contributed by atoms with Crippen LogP contribution >= 0.6 is 0 Å². The molecule has 84 valence electrons. The van der Waals surface area contributed by atoms with Gasteiger partial charge in [-0.15, -0.1) is 0 Å². The van der Waals surface area contributed by atoms with E-state index in [-0.39, 0.29) is 6.04 Å². The fourth-order valence-electron chi connectivity index (χ4n) is 1.84. The van der Waals surface area contributed by atoms with Crippen molar-refractivity contribution in [3.05, 3.63) is 24.2 Å². The van der Waals surface area contributed by atoms with Gasteiger partial charge in [0, 0.05) is 6.54 Å². The van der Waals surface area contributed by atoms with Gasteiger partial charge in [0.05, 0.1) is 17.6 Å². The van der Waals surface area contributed by atoms with Crippen LogP contribution in [0.1, 0.15) is 24.6 Å². The van der Waals surface area contributed by atoms with Crippen molar-refractivity contribution in [3.8, 4) is 0 Å². The highest BCUT2D eigenvalue weighted by molar-refractivity contribution is 7.89. The van der Waals surface area contributed by atoms with Crippen molar-refractivity contribution < 1.29 is 12.8 Å². The number of hydrogen-bond acceptors (Lipinski definition) is 4. The van der Waals surface area contributed by atoms with Gasteiger partial charge < -0.3 is 9.73 Å². The summed E-state index contributed by atoms with van der Waals surface area (Å²) in [6.07, 6.45) is 2.93. The summed E-state index contributed by atoms with van der Waals surface area (Å²) in [6, 6.07) is 3.82. The summed E-state index contributed by atoms with van der Waals surface area (Å²) in [5.41, 5.74) is 0. The third-order valence-electron chi connectivity index (χ3n) is 2.72. The summed E-state index contributed by atoms with van der Waals surface area (Å²) in [5, 5.41) is 7.74. The van der Waals surface area contributed by atoms with Gasteiger partial charge >= 0.3 is 0 Å². The second kappa shape index (κ2) is 3.96. The van der Waals surface area contributed by atoms with Crippen LogP contribution in [-0.2, 0) is 10.0 Å². The molecule has 0 radical (unpaired) electrons. The van der Waals surface area contributed by atoms with E-state index >= 15 is 0 Å². The maximum absolute atomic E-state index is 11.1. The highest BCUT2D eigenvalue weighted by Crippen LogP contribution is 2.25. The molecule has 2 atom stereocenters. The maximum atomic E-state index is 11.1. The van der Waals surface area contributed by atoms with Crippen LogP contribution in [0.25, 0.3) is 0 Å². The fourth-order valence-corrected chi connectivity index (χ4v) is 2.64. The number of hydrogen-bond donors (Lipinski definition) is 2. The molecule has 1 aromatic heterocycles.